The maximum absolute atomic E-state index is 5.38. The van der Waals surface area contributed by atoms with Crippen LogP contribution in [0.2, 0.25) is 0 Å². The Kier molecular flexibility index (Phi) is 21.5. The first-order valence-corrected chi connectivity index (χ1v) is 10.7. The van der Waals surface area contributed by atoms with Gasteiger partial charge in [0.15, 0.2) is 0 Å². The van der Waals surface area contributed by atoms with E-state index in [1.54, 1.807) is 6.08 Å². The minimum absolute atomic E-state index is 1.09. The minimum Gasteiger partial charge on any atom is -0.0845 e. The molecule has 0 rings (SSSR count). The van der Waals surface area contributed by atoms with Gasteiger partial charge >= 0.3 is 0 Å². The molecule has 0 aromatic heterocycles. The molecule has 23 heavy (non-hydrogen) atoms. The van der Waals surface area contributed by atoms with E-state index < -0.39 is 0 Å². The quantitative estimate of drug-likeness (QED) is 0.197. The molecule has 0 aliphatic carbocycles. The number of allylic oxidation sites excluding steroid dienone is 1. The third-order valence-electron chi connectivity index (χ3n) is 4.87. The fraction of sp³-hybridized carbons (Fsp3) is 0.870. The Balaban J connectivity index is 2.93. The summed E-state index contributed by atoms with van der Waals surface area (Å²) >= 11 is 0. The Hall–Kier alpha value is -0.260. The lowest BCUT2D eigenvalue weighted by atomic mass is 10.0. The van der Waals surface area contributed by atoms with Crippen molar-refractivity contribution >= 4 is 0 Å². The predicted octanol–water partition coefficient (Wildman–Crippen LogP) is 8.61. The van der Waals surface area contributed by atoms with Gasteiger partial charge in [-0.25, -0.2) is 0 Å². The molecule has 0 fully saturated rings. The van der Waals surface area contributed by atoms with Crippen LogP contribution in [0.25, 0.3) is 0 Å². The highest BCUT2D eigenvalue weighted by Gasteiger charge is 1.95. The first-order chi connectivity index (χ1) is 11.4. The maximum atomic E-state index is 5.38. The largest absolute Gasteiger partial charge is 0.0845 e. The highest BCUT2D eigenvalue weighted by atomic mass is 14.0. The molecule has 0 spiro atoms. The summed E-state index contributed by atoms with van der Waals surface area (Å²) < 4.78 is 0. The van der Waals surface area contributed by atoms with Crippen LogP contribution in [0.5, 0.6) is 0 Å². The van der Waals surface area contributed by atoms with Crippen molar-refractivity contribution in [2.75, 3.05) is 0 Å². The van der Waals surface area contributed by atoms with E-state index in [0.29, 0.717) is 0 Å². The van der Waals surface area contributed by atoms with Crippen molar-refractivity contribution in [3.05, 3.63) is 19.6 Å². The number of rotatable bonds is 20. The summed E-state index contributed by atoms with van der Waals surface area (Å²) in [6.07, 6.45) is 29.7. The second kappa shape index (κ2) is 21.7. The molecule has 2 radical (unpaired) electrons. The topological polar surface area (TPSA) is 0 Å². The zero-order valence-corrected chi connectivity index (χ0v) is 16.0. The van der Waals surface area contributed by atoms with E-state index >= 15 is 0 Å². The highest BCUT2D eigenvalue weighted by molar-refractivity contribution is 4.61. The molecule has 0 N–H and O–H groups in total. The van der Waals surface area contributed by atoms with Crippen molar-refractivity contribution < 1.29 is 0 Å². The third kappa shape index (κ3) is 21.7. The SMILES string of the molecule is [CH]=CCCCCCCCCCCCCCCCCCCCC[CH2]. The van der Waals surface area contributed by atoms with Crippen molar-refractivity contribution in [2.24, 2.45) is 0 Å². The van der Waals surface area contributed by atoms with E-state index in [9.17, 15) is 0 Å². The Morgan fingerprint density at radius 3 is 0.957 bits per heavy atom. The van der Waals surface area contributed by atoms with Gasteiger partial charge in [-0.05, 0) is 12.8 Å². The van der Waals surface area contributed by atoms with Crippen LogP contribution in [0.4, 0.5) is 0 Å². The summed E-state index contributed by atoms with van der Waals surface area (Å²) in [7, 11) is 0. The summed E-state index contributed by atoms with van der Waals surface area (Å²) in [5.41, 5.74) is 0. The Labute approximate surface area is 148 Å². The molecule has 0 atom stereocenters. The molecule has 0 aliphatic rings. The average molecular weight is 321 g/mol. The van der Waals surface area contributed by atoms with Crippen LogP contribution >= 0.6 is 0 Å². The van der Waals surface area contributed by atoms with Crippen molar-refractivity contribution in [3.8, 4) is 0 Å². The van der Waals surface area contributed by atoms with Crippen molar-refractivity contribution in [1.29, 1.82) is 0 Å². The van der Waals surface area contributed by atoms with E-state index in [2.05, 4.69) is 6.92 Å². The van der Waals surface area contributed by atoms with Crippen LogP contribution in [-0.4, -0.2) is 0 Å². The maximum Gasteiger partial charge on any atom is -0.0348 e. The zero-order chi connectivity index (χ0) is 16.8. The molecule has 136 valence electrons. The lowest BCUT2D eigenvalue weighted by Gasteiger charge is -2.03. The molecule has 0 aromatic carbocycles. The van der Waals surface area contributed by atoms with Gasteiger partial charge in [-0.15, -0.1) is 0 Å². The van der Waals surface area contributed by atoms with Gasteiger partial charge in [0, 0.05) is 0 Å². The van der Waals surface area contributed by atoms with Crippen molar-refractivity contribution in [3.63, 3.8) is 0 Å². The molecule has 0 aliphatic heterocycles. The van der Waals surface area contributed by atoms with Crippen LogP contribution < -0.4 is 0 Å². The monoisotopic (exact) mass is 320 g/mol. The van der Waals surface area contributed by atoms with Crippen LogP contribution in [-0.2, 0) is 0 Å². The first kappa shape index (κ1) is 22.7. The number of hydrogen-bond acceptors (Lipinski definition) is 0. The molecule has 0 heteroatoms. The van der Waals surface area contributed by atoms with Gasteiger partial charge in [0.25, 0.3) is 0 Å². The normalized spacial score (nSPS) is 11.0. The van der Waals surface area contributed by atoms with Crippen LogP contribution in [0, 0.1) is 13.5 Å². The third-order valence-corrected chi connectivity index (χ3v) is 4.87. The van der Waals surface area contributed by atoms with Gasteiger partial charge in [0.1, 0.15) is 0 Å². The molecule has 0 saturated carbocycles. The molecule has 0 heterocycles. The zero-order valence-electron chi connectivity index (χ0n) is 16.0. The van der Waals surface area contributed by atoms with E-state index in [4.69, 9.17) is 6.58 Å². The Morgan fingerprint density at radius 2 is 0.696 bits per heavy atom. The van der Waals surface area contributed by atoms with Gasteiger partial charge < -0.3 is 0 Å². The lowest BCUT2D eigenvalue weighted by molar-refractivity contribution is 0.524. The van der Waals surface area contributed by atoms with E-state index in [-0.39, 0.29) is 0 Å². The first-order valence-electron chi connectivity index (χ1n) is 10.7. The van der Waals surface area contributed by atoms with Crippen LogP contribution in [0.1, 0.15) is 128 Å². The van der Waals surface area contributed by atoms with Crippen molar-refractivity contribution in [2.45, 2.75) is 128 Å². The summed E-state index contributed by atoms with van der Waals surface area (Å²) in [6.45, 7) is 9.28. The van der Waals surface area contributed by atoms with Crippen LogP contribution in [0.3, 0.4) is 0 Å². The molecular formula is C23H44. The Bertz CT molecular complexity index is 206. The summed E-state index contributed by atoms with van der Waals surface area (Å²) in [6, 6.07) is 0. The minimum atomic E-state index is 1.09. The molecular weight excluding hydrogens is 276 g/mol. The van der Waals surface area contributed by atoms with Gasteiger partial charge in [-0.3, -0.25) is 0 Å². The summed E-state index contributed by atoms with van der Waals surface area (Å²) in [5.74, 6) is 0. The second-order valence-electron chi connectivity index (χ2n) is 7.24. The van der Waals surface area contributed by atoms with Gasteiger partial charge in [-0.2, -0.15) is 0 Å². The van der Waals surface area contributed by atoms with E-state index in [1.165, 1.54) is 116 Å². The fourth-order valence-corrected chi connectivity index (χ4v) is 3.27. The predicted molar refractivity (Wildman–Crippen MR) is 107 cm³/mol. The van der Waals surface area contributed by atoms with Crippen molar-refractivity contribution in [1.82, 2.24) is 0 Å². The number of hydrogen-bond donors (Lipinski definition) is 0. The smallest absolute Gasteiger partial charge is 0.0348 e. The molecule has 0 bridgehead atoms. The number of unbranched alkanes of at least 4 members (excludes halogenated alkanes) is 19. The second-order valence-corrected chi connectivity index (χ2v) is 7.24. The lowest BCUT2D eigenvalue weighted by Crippen LogP contribution is -1.84. The molecule has 0 saturated heterocycles. The average Bonchev–Trinajstić information content (AvgIpc) is 2.57. The van der Waals surface area contributed by atoms with E-state index in [1.807, 2.05) is 0 Å². The van der Waals surface area contributed by atoms with Crippen LogP contribution in [0.15, 0.2) is 6.08 Å². The van der Waals surface area contributed by atoms with Gasteiger partial charge in [0.2, 0.25) is 0 Å². The van der Waals surface area contributed by atoms with E-state index in [0.717, 1.165) is 12.8 Å². The molecule has 0 unspecified atom stereocenters. The molecule has 0 aromatic rings. The molecule has 0 amide bonds. The van der Waals surface area contributed by atoms with Gasteiger partial charge in [-0.1, -0.05) is 135 Å². The Morgan fingerprint density at radius 1 is 0.435 bits per heavy atom. The standard InChI is InChI=1S/C23H44/c1-3-5-7-9-11-13-15-17-19-21-23-22-20-18-16-14-12-10-8-6-4-2/h1,3H,2,4-23H2. The highest BCUT2D eigenvalue weighted by Crippen LogP contribution is 2.14. The molecule has 0 nitrogen and oxygen atoms in total. The fourth-order valence-electron chi connectivity index (χ4n) is 3.27. The summed E-state index contributed by atoms with van der Waals surface area (Å²) in [4.78, 5) is 0. The summed E-state index contributed by atoms with van der Waals surface area (Å²) in [5, 5.41) is 0. The van der Waals surface area contributed by atoms with Gasteiger partial charge in [0.05, 0.1) is 0 Å².